The van der Waals surface area contributed by atoms with Crippen molar-refractivity contribution in [1.29, 1.82) is 0 Å². The van der Waals surface area contributed by atoms with Crippen molar-refractivity contribution in [3.8, 4) is 0 Å². The van der Waals surface area contributed by atoms with Gasteiger partial charge in [-0.25, -0.2) is 0 Å². The SMILES string of the molecule is CC(C)NCCC(C)N(CC1CC1)C(C)C. The topological polar surface area (TPSA) is 15.3 Å². The van der Waals surface area contributed by atoms with Crippen molar-refractivity contribution in [2.75, 3.05) is 13.1 Å². The van der Waals surface area contributed by atoms with E-state index in [0.717, 1.165) is 12.5 Å². The van der Waals surface area contributed by atoms with Gasteiger partial charge in [0.2, 0.25) is 0 Å². The monoisotopic (exact) mass is 226 g/mol. The fourth-order valence-electron chi connectivity index (χ4n) is 2.25. The van der Waals surface area contributed by atoms with Crippen LogP contribution in [-0.2, 0) is 0 Å². The maximum atomic E-state index is 3.51. The Morgan fingerprint density at radius 3 is 2.19 bits per heavy atom. The van der Waals surface area contributed by atoms with Crippen LogP contribution in [0.3, 0.4) is 0 Å². The van der Waals surface area contributed by atoms with E-state index in [2.05, 4.69) is 44.8 Å². The average Bonchev–Trinajstić information content (AvgIpc) is 2.96. The first-order chi connectivity index (χ1) is 7.50. The van der Waals surface area contributed by atoms with E-state index in [1.165, 1.54) is 25.8 Å². The van der Waals surface area contributed by atoms with Crippen LogP contribution in [0.4, 0.5) is 0 Å². The molecule has 0 amide bonds. The van der Waals surface area contributed by atoms with Crippen LogP contribution >= 0.6 is 0 Å². The maximum Gasteiger partial charge on any atom is 0.00818 e. The minimum Gasteiger partial charge on any atom is -0.314 e. The molecule has 1 fully saturated rings. The predicted octanol–water partition coefficient (Wildman–Crippen LogP) is 2.88. The first-order valence-corrected chi connectivity index (χ1v) is 6.99. The lowest BCUT2D eigenvalue weighted by Crippen LogP contribution is -2.42. The molecule has 16 heavy (non-hydrogen) atoms. The van der Waals surface area contributed by atoms with Crippen LogP contribution in [0, 0.1) is 5.92 Å². The standard InChI is InChI=1S/C14H30N2/c1-11(2)15-9-8-13(5)16(12(3)4)10-14-6-7-14/h11-15H,6-10H2,1-5H3. The van der Waals surface area contributed by atoms with Crippen molar-refractivity contribution >= 4 is 0 Å². The van der Waals surface area contributed by atoms with Crippen LogP contribution in [0.2, 0.25) is 0 Å². The number of nitrogens with one attached hydrogen (secondary N) is 1. The summed E-state index contributed by atoms with van der Waals surface area (Å²) in [7, 11) is 0. The van der Waals surface area contributed by atoms with E-state index in [0.29, 0.717) is 18.1 Å². The summed E-state index contributed by atoms with van der Waals surface area (Å²) in [6.07, 6.45) is 4.18. The molecule has 0 saturated heterocycles. The second-order valence-corrected chi connectivity index (χ2v) is 5.98. The molecule has 2 nitrogen and oxygen atoms in total. The number of hydrogen-bond donors (Lipinski definition) is 1. The Labute approximate surface area is 102 Å². The minimum absolute atomic E-state index is 0.614. The van der Waals surface area contributed by atoms with Crippen molar-refractivity contribution in [1.82, 2.24) is 10.2 Å². The van der Waals surface area contributed by atoms with Gasteiger partial charge in [0.1, 0.15) is 0 Å². The van der Waals surface area contributed by atoms with Gasteiger partial charge in [-0.3, -0.25) is 4.90 Å². The Kier molecular flexibility index (Phi) is 5.77. The summed E-state index contributed by atoms with van der Waals surface area (Å²) >= 11 is 0. The maximum absolute atomic E-state index is 3.51. The number of nitrogens with zero attached hydrogens (tertiary/aromatic N) is 1. The highest BCUT2D eigenvalue weighted by atomic mass is 15.2. The fraction of sp³-hybridized carbons (Fsp3) is 1.00. The summed E-state index contributed by atoms with van der Waals surface area (Å²) < 4.78 is 0. The Hall–Kier alpha value is -0.0800. The largest absolute Gasteiger partial charge is 0.314 e. The molecule has 1 aliphatic carbocycles. The van der Waals surface area contributed by atoms with Gasteiger partial charge in [-0.15, -0.1) is 0 Å². The molecule has 1 unspecified atom stereocenters. The van der Waals surface area contributed by atoms with Gasteiger partial charge in [0, 0.05) is 24.7 Å². The normalized spacial score (nSPS) is 18.8. The first kappa shape index (κ1) is 14.0. The van der Waals surface area contributed by atoms with Gasteiger partial charge in [-0.05, 0) is 52.5 Å². The van der Waals surface area contributed by atoms with E-state index < -0.39 is 0 Å². The Bertz CT molecular complexity index is 185. The van der Waals surface area contributed by atoms with Crippen molar-refractivity contribution < 1.29 is 0 Å². The van der Waals surface area contributed by atoms with E-state index in [1.54, 1.807) is 0 Å². The third-order valence-electron chi connectivity index (χ3n) is 3.51. The molecule has 1 saturated carbocycles. The molecule has 1 rings (SSSR count). The summed E-state index contributed by atoms with van der Waals surface area (Å²) in [5, 5.41) is 3.51. The van der Waals surface area contributed by atoms with Gasteiger partial charge in [0.25, 0.3) is 0 Å². The average molecular weight is 226 g/mol. The van der Waals surface area contributed by atoms with Crippen molar-refractivity contribution in [3.05, 3.63) is 0 Å². The van der Waals surface area contributed by atoms with E-state index in [9.17, 15) is 0 Å². The zero-order chi connectivity index (χ0) is 12.1. The van der Waals surface area contributed by atoms with Crippen molar-refractivity contribution in [2.45, 2.75) is 72.0 Å². The van der Waals surface area contributed by atoms with E-state index in [4.69, 9.17) is 0 Å². The molecular weight excluding hydrogens is 196 g/mol. The lowest BCUT2D eigenvalue weighted by molar-refractivity contribution is 0.148. The van der Waals surface area contributed by atoms with Gasteiger partial charge < -0.3 is 5.32 Å². The zero-order valence-electron chi connectivity index (χ0n) is 11.8. The quantitative estimate of drug-likeness (QED) is 0.684. The predicted molar refractivity (Wildman–Crippen MR) is 71.8 cm³/mol. The van der Waals surface area contributed by atoms with E-state index in [1.807, 2.05) is 0 Å². The molecule has 0 heterocycles. The minimum atomic E-state index is 0.614. The Balaban J connectivity index is 2.25. The molecule has 0 aromatic rings. The van der Waals surface area contributed by atoms with Crippen molar-refractivity contribution in [3.63, 3.8) is 0 Å². The number of rotatable bonds is 8. The smallest absolute Gasteiger partial charge is 0.00818 e. The zero-order valence-corrected chi connectivity index (χ0v) is 11.8. The summed E-state index contributed by atoms with van der Waals surface area (Å²) in [5.74, 6) is 1.00. The van der Waals surface area contributed by atoms with Gasteiger partial charge >= 0.3 is 0 Å². The summed E-state index contributed by atoms with van der Waals surface area (Å²) in [6.45, 7) is 13.9. The molecule has 2 heteroatoms. The lowest BCUT2D eigenvalue weighted by Gasteiger charge is -2.33. The molecule has 0 aliphatic heterocycles. The molecule has 96 valence electrons. The first-order valence-electron chi connectivity index (χ1n) is 6.99. The molecule has 0 bridgehead atoms. The molecule has 0 radical (unpaired) electrons. The number of hydrogen-bond acceptors (Lipinski definition) is 2. The van der Waals surface area contributed by atoms with Gasteiger partial charge in [-0.2, -0.15) is 0 Å². The highest BCUT2D eigenvalue weighted by Gasteiger charge is 2.27. The highest BCUT2D eigenvalue weighted by Crippen LogP contribution is 2.31. The Morgan fingerprint density at radius 1 is 1.12 bits per heavy atom. The third-order valence-corrected chi connectivity index (χ3v) is 3.51. The van der Waals surface area contributed by atoms with Crippen LogP contribution in [0.15, 0.2) is 0 Å². The van der Waals surface area contributed by atoms with Gasteiger partial charge in [0.15, 0.2) is 0 Å². The fourth-order valence-corrected chi connectivity index (χ4v) is 2.25. The second kappa shape index (κ2) is 6.61. The highest BCUT2D eigenvalue weighted by molar-refractivity contribution is 4.81. The summed E-state index contributed by atoms with van der Waals surface area (Å²) in [4.78, 5) is 2.68. The molecule has 0 aromatic carbocycles. The molecule has 0 spiro atoms. The van der Waals surface area contributed by atoms with E-state index in [-0.39, 0.29) is 0 Å². The molecule has 1 atom stereocenters. The van der Waals surface area contributed by atoms with E-state index >= 15 is 0 Å². The third kappa shape index (κ3) is 5.31. The summed E-state index contributed by atoms with van der Waals surface area (Å²) in [5.41, 5.74) is 0. The summed E-state index contributed by atoms with van der Waals surface area (Å²) in [6, 6.07) is 2.02. The van der Waals surface area contributed by atoms with Crippen LogP contribution in [-0.4, -0.2) is 36.1 Å². The van der Waals surface area contributed by atoms with Gasteiger partial charge in [0.05, 0.1) is 0 Å². The molecular formula is C14H30N2. The van der Waals surface area contributed by atoms with Crippen LogP contribution in [0.1, 0.15) is 53.9 Å². The molecule has 0 aromatic heterocycles. The molecule has 1 aliphatic rings. The second-order valence-electron chi connectivity index (χ2n) is 5.98. The van der Waals surface area contributed by atoms with Gasteiger partial charge in [-0.1, -0.05) is 13.8 Å². The molecule has 1 N–H and O–H groups in total. The van der Waals surface area contributed by atoms with Crippen molar-refractivity contribution in [2.24, 2.45) is 5.92 Å². The Morgan fingerprint density at radius 2 is 1.75 bits per heavy atom. The van der Waals surface area contributed by atoms with Crippen LogP contribution in [0.5, 0.6) is 0 Å². The lowest BCUT2D eigenvalue weighted by atomic mass is 10.1. The van der Waals surface area contributed by atoms with Crippen LogP contribution in [0.25, 0.3) is 0 Å². The van der Waals surface area contributed by atoms with Crippen LogP contribution < -0.4 is 5.32 Å².